The highest BCUT2D eigenvalue weighted by atomic mass is 79.9. The Hall–Kier alpha value is -1.08. The van der Waals surface area contributed by atoms with E-state index in [-0.39, 0.29) is 0 Å². The van der Waals surface area contributed by atoms with Crippen molar-refractivity contribution in [1.82, 2.24) is 5.43 Å². The molecule has 0 aliphatic heterocycles. The molecule has 1 N–H and O–H groups in total. The van der Waals surface area contributed by atoms with Crippen LogP contribution in [0.1, 0.15) is 12.5 Å². The second-order valence-electron chi connectivity index (χ2n) is 3.11. The zero-order valence-corrected chi connectivity index (χ0v) is 13.0. The van der Waals surface area contributed by atoms with Gasteiger partial charge in [0, 0.05) is 0 Å². The van der Waals surface area contributed by atoms with Crippen LogP contribution in [0.5, 0.6) is 5.75 Å². The molecule has 0 atom stereocenters. The smallest absolute Gasteiger partial charge is 0.427 e. The fraction of sp³-hybridized carbons (Fsp3) is 0.273. The molecule has 0 radical (unpaired) electrons. The summed E-state index contributed by atoms with van der Waals surface area (Å²) in [6.45, 7) is 2.49. The Morgan fingerprint density at radius 2 is 2.06 bits per heavy atom. The number of ether oxygens (including phenoxy) is 2. The number of amides is 1. The third-order valence-electron chi connectivity index (χ3n) is 1.86. The van der Waals surface area contributed by atoms with E-state index < -0.39 is 6.09 Å². The van der Waals surface area contributed by atoms with E-state index >= 15 is 0 Å². The Kier molecular flexibility index (Phi) is 6.14. The van der Waals surface area contributed by atoms with E-state index in [0.29, 0.717) is 6.61 Å². The highest BCUT2D eigenvalue weighted by Gasteiger charge is 2.07. The maximum Gasteiger partial charge on any atom is 0.427 e. The number of rotatable bonds is 4. The summed E-state index contributed by atoms with van der Waals surface area (Å²) in [5.41, 5.74) is 3.01. The summed E-state index contributed by atoms with van der Waals surface area (Å²) in [7, 11) is 1.27. The van der Waals surface area contributed by atoms with Gasteiger partial charge >= 0.3 is 6.09 Å². The molecule has 0 saturated carbocycles. The van der Waals surface area contributed by atoms with E-state index in [4.69, 9.17) is 4.74 Å². The summed E-state index contributed by atoms with van der Waals surface area (Å²) < 4.78 is 11.4. The van der Waals surface area contributed by atoms with E-state index in [9.17, 15) is 4.79 Å². The molecular weight excluding hydrogens is 368 g/mol. The quantitative estimate of drug-likeness (QED) is 0.644. The number of carbonyl (C=O) groups excluding carboxylic acids is 1. The van der Waals surface area contributed by atoms with E-state index in [1.807, 2.05) is 19.1 Å². The van der Waals surface area contributed by atoms with Crippen LogP contribution in [0.25, 0.3) is 0 Å². The number of hydrogen-bond acceptors (Lipinski definition) is 4. The first-order chi connectivity index (χ1) is 8.58. The zero-order valence-electron chi connectivity index (χ0n) is 9.87. The number of halogens is 2. The number of carbonyl (C=O) groups is 1. The van der Waals surface area contributed by atoms with Crippen LogP contribution in [0, 0.1) is 0 Å². The highest BCUT2D eigenvalue weighted by molar-refractivity contribution is 9.11. The van der Waals surface area contributed by atoms with E-state index in [0.717, 1.165) is 20.3 Å². The van der Waals surface area contributed by atoms with Crippen molar-refractivity contribution in [2.24, 2.45) is 5.10 Å². The van der Waals surface area contributed by atoms with Gasteiger partial charge in [-0.05, 0) is 56.5 Å². The molecule has 0 heterocycles. The van der Waals surface area contributed by atoms with E-state index in [1.54, 1.807) is 0 Å². The van der Waals surface area contributed by atoms with Gasteiger partial charge in [0.2, 0.25) is 0 Å². The molecule has 98 valence electrons. The van der Waals surface area contributed by atoms with Crippen LogP contribution in [0.3, 0.4) is 0 Å². The molecule has 0 spiro atoms. The van der Waals surface area contributed by atoms with Gasteiger partial charge in [0.25, 0.3) is 0 Å². The van der Waals surface area contributed by atoms with Gasteiger partial charge in [-0.2, -0.15) is 5.10 Å². The second kappa shape index (κ2) is 7.38. The van der Waals surface area contributed by atoms with Crippen LogP contribution in [0.15, 0.2) is 26.2 Å². The number of nitrogens with one attached hydrogen (secondary N) is 1. The van der Waals surface area contributed by atoms with Crippen molar-refractivity contribution in [2.45, 2.75) is 6.92 Å². The van der Waals surface area contributed by atoms with Crippen LogP contribution in [-0.2, 0) is 4.74 Å². The second-order valence-corrected chi connectivity index (χ2v) is 4.82. The molecule has 0 aliphatic carbocycles. The summed E-state index contributed by atoms with van der Waals surface area (Å²) in [5.74, 6) is 0.732. The molecule has 18 heavy (non-hydrogen) atoms. The molecule has 0 fully saturated rings. The molecule has 5 nitrogen and oxygen atoms in total. The first-order valence-electron chi connectivity index (χ1n) is 5.07. The molecular formula is C11H12Br2N2O3. The molecule has 1 rings (SSSR count). The summed E-state index contributed by atoms with van der Waals surface area (Å²) in [5, 5.41) is 3.74. The molecule has 7 heteroatoms. The van der Waals surface area contributed by atoms with Gasteiger partial charge in [-0.1, -0.05) is 0 Å². The highest BCUT2D eigenvalue weighted by Crippen LogP contribution is 2.34. The average molecular weight is 380 g/mol. The van der Waals surface area contributed by atoms with Crippen LogP contribution < -0.4 is 10.2 Å². The van der Waals surface area contributed by atoms with Crippen LogP contribution in [0.2, 0.25) is 0 Å². The number of nitrogens with zero attached hydrogens (tertiary/aromatic N) is 1. The van der Waals surface area contributed by atoms with Crippen molar-refractivity contribution in [3.8, 4) is 5.75 Å². The molecule has 0 aliphatic rings. The number of methoxy groups -OCH3 is 1. The van der Waals surface area contributed by atoms with Gasteiger partial charge in [0.1, 0.15) is 5.75 Å². The lowest BCUT2D eigenvalue weighted by Gasteiger charge is -2.09. The van der Waals surface area contributed by atoms with Gasteiger partial charge < -0.3 is 9.47 Å². The Morgan fingerprint density at radius 3 is 2.56 bits per heavy atom. The summed E-state index contributed by atoms with van der Waals surface area (Å²) in [6, 6.07) is 3.66. The van der Waals surface area contributed by atoms with Crippen molar-refractivity contribution in [2.75, 3.05) is 13.7 Å². The minimum Gasteiger partial charge on any atom is -0.492 e. The van der Waals surface area contributed by atoms with Gasteiger partial charge in [-0.15, -0.1) is 0 Å². The molecule has 1 amide bonds. The van der Waals surface area contributed by atoms with Crippen molar-refractivity contribution < 1.29 is 14.3 Å². The first-order valence-corrected chi connectivity index (χ1v) is 6.66. The molecule has 0 bridgehead atoms. The lowest BCUT2D eigenvalue weighted by molar-refractivity contribution is 0.171. The van der Waals surface area contributed by atoms with Gasteiger partial charge in [0.05, 0.1) is 28.9 Å². The summed E-state index contributed by atoms with van der Waals surface area (Å²) >= 11 is 6.81. The van der Waals surface area contributed by atoms with Crippen molar-refractivity contribution in [3.63, 3.8) is 0 Å². The lowest BCUT2D eigenvalue weighted by atomic mass is 10.2. The summed E-state index contributed by atoms with van der Waals surface area (Å²) in [6.07, 6.45) is 0.887. The Labute approximate surface area is 122 Å². The number of hydrazone groups is 1. The van der Waals surface area contributed by atoms with Crippen LogP contribution >= 0.6 is 31.9 Å². The van der Waals surface area contributed by atoms with Crippen molar-refractivity contribution >= 4 is 44.2 Å². The number of benzene rings is 1. The van der Waals surface area contributed by atoms with Crippen LogP contribution in [-0.4, -0.2) is 26.0 Å². The Bertz CT molecular complexity index is 441. The van der Waals surface area contributed by atoms with Crippen LogP contribution in [0.4, 0.5) is 4.79 Å². The Balaban J connectivity index is 2.83. The lowest BCUT2D eigenvalue weighted by Crippen LogP contribution is -2.16. The monoisotopic (exact) mass is 378 g/mol. The van der Waals surface area contributed by atoms with Gasteiger partial charge in [-0.25, -0.2) is 10.2 Å². The fourth-order valence-corrected chi connectivity index (χ4v) is 2.59. The maximum absolute atomic E-state index is 10.8. The SMILES string of the molecule is CCOc1c(Br)cc(/C=N\NC(=O)OC)cc1Br. The third kappa shape index (κ3) is 4.30. The normalized spacial score (nSPS) is 10.4. The van der Waals surface area contributed by atoms with E-state index in [2.05, 4.69) is 47.1 Å². The fourth-order valence-electron chi connectivity index (χ4n) is 1.14. The predicted molar refractivity (Wildman–Crippen MR) is 76.1 cm³/mol. The summed E-state index contributed by atoms with van der Waals surface area (Å²) in [4.78, 5) is 10.8. The topological polar surface area (TPSA) is 59.9 Å². The minimum absolute atomic E-state index is 0.578. The Morgan fingerprint density at radius 1 is 1.44 bits per heavy atom. The largest absolute Gasteiger partial charge is 0.492 e. The maximum atomic E-state index is 10.8. The minimum atomic E-state index is -0.615. The number of hydrogen-bond donors (Lipinski definition) is 1. The standard InChI is InChI=1S/C11H12Br2N2O3/c1-3-18-10-8(12)4-7(5-9(10)13)6-14-15-11(16)17-2/h4-6H,3H2,1-2H3,(H,15,16)/b14-6-. The third-order valence-corrected chi connectivity index (χ3v) is 3.04. The van der Waals surface area contributed by atoms with Gasteiger partial charge in [-0.3, -0.25) is 0 Å². The molecule has 1 aromatic carbocycles. The molecule has 0 saturated heterocycles. The molecule has 0 unspecified atom stereocenters. The van der Waals surface area contributed by atoms with E-state index in [1.165, 1.54) is 13.3 Å². The average Bonchev–Trinajstić information content (AvgIpc) is 2.33. The first kappa shape index (κ1) is 15.0. The molecule has 0 aromatic heterocycles. The van der Waals surface area contributed by atoms with Gasteiger partial charge in [0.15, 0.2) is 0 Å². The molecule has 1 aromatic rings. The predicted octanol–water partition coefficient (Wildman–Crippen LogP) is 3.30. The zero-order chi connectivity index (χ0) is 13.5. The van der Waals surface area contributed by atoms with Crippen molar-refractivity contribution in [3.05, 3.63) is 26.6 Å². The van der Waals surface area contributed by atoms with Crippen molar-refractivity contribution in [1.29, 1.82) is 0 Å².